The van der Waals surface area contributed by atoms with Crippen LogP contribution >= 0.6 is 11.8 Å². The Hall–Kier alpha value is -3.01. The van der Waals surface area contributed by atoms with Gasteiger partial charge < -0.3 is 14.1 Å². The van der Waals surface area contributed by atoms with Crippen LogP contribution < -0.4 is 4.72 Å². The average Bonchev–Trinajstić information content (AvgIpc) is 3.21. The van der Waals surface area contributed by atoms with E-state index in [-0.39, 0.29) is 10.8 Å². The second kappa shape index (κ2) is 8.74. The van der Waals surface area contributed by atoms with Crippen LogP contribution in [0.4, 0.5) is 5.69 Å². The molecule has 7 nitrogen and oxygen atoms in total. The summed E-state index contributed by atoms with van der Waals surface area (Å²) in [5.74, 6) is -0.191. The molecule has 5 rings (SSSR count). The fourth-order valence-electron chi connectivity index (χ4n) is 3.96. The van der Waals surface area contributed by atoms with Gasteiger partial charge in [-0.1, -0.05) is 18.2 Å². The van der Waals surface area contributed by atoms with Crippen molar-refractivity contribution in [2.75, 3.05) is 37.3 Å². The number of furan rings is 1. The molecule has 1 aromatic heterocycles. The van der Waals surface area contributed by atoms with Gasteiger partial charge in [-0.15, -0.1) is 11.8 Å². The first-order chi connectivity index (χ1) is 16.0. The minimum Gasteiger partial charge on any atom is -0.456 e. The van der Waals surface area contributed by atoms with Gasteiger partial charge in [-0.05, 0) is 42.7 Å². The summed E-state index contributed by atoms with van der Waals surface area (Å²) >= 11 is 1.41. The maximum Gasteiger partial charge on any atom is 0.261 e. The molecule has 0 atom stereocenters. The zero-order valence-corrected chi connectivity index (χ0v) is 19.5. The lowest BCUT2D eigenvalue weighted by Gasteiger charge is -2.27. The van der Waals surface area contributed by atoms with E-state index < -0.39 is 10.0 Å². The number of morpholine rings is 1. The Bertz CT molecular complexity index is 1460. The van der Waals surface area contributed by atoms with E-state index in [2.05, 4.69) is 4.72 Å². The molecule has 3 aromatic carbocycles. The Morgan fingerprint density at radius 2 is 1.73 bits per heavy atom. The molecule has 1 aliphatic rings. The van der Waals surface area contributed by atoms with Crippen LogP contribution in [-0.2, 0) is 14.8 Å². The summed E-state index contributed by atoms with van der Waals surface area (Å²) in [4.78, 5) is 15.5. The molecule has 2 heterocycles. The van der Waals surface area contributed by atoms with Crippen LogP contribution in [0.25, 0.3) is 21.9 Å². The summed E-state index contributed by atoms with van der Waals surface area (Å²) in [6.45, 7) is 1.92. The number of nitrogens with one attached hydrogen (secondary N) is 1. The molecular formula is C24H22N2O5S2. The van der Waals surface area contributed by atoms with Crippen LogP contribution in [0.1, 0.15) is 10.4 Å². The van der Waals surface area contributed by atoms with Crippen molar-refractivity contribution in [1.82, 2.24) is 4.90 Å². The van der Waals surface area contributed by atoms with Crippen molar-refractivity contribution >= 4 is 55.3 Å². The molecule has 0 bridgehead atoms. The molecule has 33 heavy (non-hydrogen) atoms. The topological polar surface area (TPSA) is 88.8 Å². The van der Waals surface area contributed by atoms with Crippen molar-refractivity contribution in [2.45, 2.75) is 9.79 Å². The van der Waals surface area contributed by atoms with Gasteiger partial charge in [-0.3, -0.25) is 9.52 Å². The molecule has 1 amide bonds. The second-order valence-corrected chi connectivity index (χ2v) is 10.2. The molecule has 4 aromatic rings. The van der Waals surface area contributed by atoms with Crippen LogP contribution in [0.15, 0.2) is 74.9 Å². The highest BCUT2D eigenvalue weighted by atomic mass is 32.2. The summed E-state index contributed by atoms with van der Waals surface area (Å²) in [7, 11) is -3.92. The Morgan fingerprint density at radius 1 is 0.970 bits per heavy atom. The molecule has 170 valence electrons. The van der Waals surface area contributed by atoms with Crippen LogP contribution in [0.3, 0.4) is 0 Å². The molecular weight excluding hydrogens is 460 g/mol. The first-order valence-electron chi connectivity index (χ1n) is 10.5. The molecule has 1 aliphatic heterocycles. The van der Waals surface area contributed by atoms with Crippen LogP contribution in [0.2, 0.25) is 0 Å². The van der Waals surface area contributed by atoms with Crippen LogP contribution in [0.5, 0.6) is 0 Å². The number of carbonyl (C=O) groups excluding carboxylic acids is 1. The number of anilines is 1. The molecule has 9 heteroatoms. The summed E-state index contributed by atoms with van der Waals surface area (Å²) in [5.41, 5.74) is 2.10. The fourth-order valence-corrected chi connectivity index (χ4v) is 5.61. The van der Waals surface area contributed by atoms with Gasteiger partial charge in [-0.2, -0.15) is 0 Å². The standard InChI is InChI=1S/C24H22N2O5S2/c1-32-23-9-7-17(15-20(23)24(27)26-10-12-30-13-11-26)33(28,29)25-16-6-8-19-18-4-2-3-5-21(18)31-22(19)14-16/h2-9,14-15,25H,10-13H2,1H3. The van der Waals surface area contributed by atoms with Gasteiger partial charge in [-0.25, -0.2) is 8.42 Å². The zero-order valence-electron chi connectivity index (χ0n) is 17.9. The predicted molar refractivity (Wildman–Crippen MR) is 129 cm³/mol. The summed E-state index contributed by atoms with van der Waals surface area (Å²) in [6, 6.07) is 17.5. The first kappa shape index (κ1) is 21.8. The average molecular weight is 483 g/mol. The van der Waals surface area contributed by atoms with Crippen LogP contribution in [0, 0.1) is 0 Å². The van der Waals surface area contributed by atoms with Crippen molar-refractivity contribution < 1.29 is 22.4 Å². The Kier molecular flexibility index (Phi) is 5.77. The van der Waals surface area contributed by atoms with E-state index in [1.807, 2.05) is 36.6 Å². The number of sulfonamides is 1. The van der Waals surface area contributed by atoms with E-state index in [0.717, 1.165) is 21.3 Å². The molecule has 1 saturated heterocycles. The maximum absolute atomic E-state index is 13.2. The number of thioether (sulfide) groups is 1. The monoisotopic (exact) mass is 482 g/mol. The molecule has 0 unspecified atom stereocenters. The summed E-state index contributed by atoms with van der Waals surface area (Å²) in [5, 5.41) is 1.89. The molecule has 1 fully saturated rings. The quantitative estimate of drug-likeness (QED) is 0.419. The number of benzene rings is 3. The summed E-state index contributed by atoms with van der Waals surface area (Å²) in [6.07, 6.45) is 1.86. The molecule has 0 spiro atoms. The normalized spacial score (nSPS) is 14.6. The van der Waals surface area contributed by atoms with Gasteiger partial charge >= 0.3 is 0 Å². The molecule has 0 radical (unpaired) electrons. The van der Waals surface area contributed by atoms with Gasteiger partial charge in [0.25, 0.3) is 15.9 Å². The van der Waals surface area contributed by atoms with E-state index in [1.165, 1.54) is 23.9 Å². The number of fused-ring (bicyclic) bond motifs is 3. The van der Waals surface area contributed by atoms with Crippen LogP contribution in [-0.4, -0.2) is 51.8 Å². The minimum absolute atomic E-state index is 0.0293. The van der Waals surface area contributed by atoms with E-state index in [0.29, 0.717) is 43.1 Å². The molecule has 1 N–H and O–H groups in total. The highest BCUT2D eigenvalue weighted by Crippen LogP contribution is 2.31. The number of hydrogen-bond donors (Lipinski definition) is 1. The third-order valence-corrected chi connectivity index (χ3v) is 7.82. The Labute approximate surface area is 195 Å². The number of carbonyl (C=O) groups is 1. The van der Waals surface area contributed by atoms with E-state index in [9.17, 15) is 13.2 Å². The van der Waals surface area contributed by atoms with Crippen molar-refractivity contribution in [1.29, 1.82) is 0 Å². The van der Waals surface area contributed by atoms with Gasteiger partial charge in [0.1, 0.15) is 11.2 Å². The number of rotatable bonds is 5. The fraction of sp³-hybridized carbons (Fsp3) is 0.208. The van der Waals surface area contributed by atoms with Crippen molar-refractivity contribution in [2.24, 2.45) is 0 Å². The van der Waals surface area contributed by atoms with Crippen molar-refractivity contribution in [3.05, 3.63) is 66.2 Å². The number of hydrogen-bond acceptors (Lipinski definition) is 6. The van der Waals surface area contributed by atoms with Gasteiger partial charge in [0.15, 0.2) is 0 Å². The number of amides is 1. The van der Waals surface area contributed by atoms with Gasteiger partial charge in [0.05, 0.1) is 29.4 Å². The smallest absolute Gasteiger partial charge is 0.261 e. The van der Waals surface area contributed by atoms with E-state index in [1.54, 1.807) is 23.1 Å². The van der Waals surface area contributed by atoms with E-state index >= 15 is 0 Å². The first-order valence-corrected chi connectivity index (χ1v) is 13.2. The highest BCUT2D eigenvalue weighted by Gasteiger charge is 2.24. The minimum atomic E-state index is -3.92. The van der Waals surface area contributed by atoms with Crippen molar-refractivity contribution in [3.63, 3.8) is 0 Å². The third kappa shape index (κ3) is 4.19. The lowest BCUT2D eigenvalue weighted by molar-refractivity contribution is 0.0300. The lowest BCUT2D eigenvalue weighted by Crippen LogP contribution is -2.40. The Balaban J connectivity index is 1.46. The molecule has 0 aliphatic carbocycles. The van der Waals surface area contributed by atoms with Gasteiger partial charge in [0, 0.05) is 34.8 Å². The Morgan fingerprint density at radius 3 is 2.52 bits per heavy atom. The number of ether oxygens (including phenoxy) is 1. The third-order valence-electron chi connectivity index (χ3n) is 5.64. The van der Waals surface area contributed by atoms with Gasteiger partial charge in [0.2, 0.25) is 0 Å². The van der Waals surface area contributed by atoms with E-state index in [4.69, 9.17) is 9.15 Å². The maximum atomic E-state index is 13.2. The SMILES string of the molecule is CSc1ccc(S(=O)(=O)Nc2ccc3c(c2)oc2ccccc23)cc1C(=O)N1CCOCC1. The number of nitrogens with zero attached hydrogens (tertiary/aromatic N) is 1. The number of para-hydroxylation sites is 1. The van der Waals surface area contributed by atoms with Crippen molar-refractivity contribution in [3.8, 4) is 0 Å². The molecule has 0 saturated carbocycles. The lowest BCUT2D eigenvalue weighted by atomic mass is 10.1. The zero-order chi connectivity index (χ0) is 23.0. The second-order valence-electron chi connectivity index (χ2n) is 7.68. The highest BCUT2D eigenvalue weighted by molar-refractivity contribution is 7.98. The summed E-state index contributed by atoms with van der Waals surface area (Å²) < 4.78 is 40.1. The predicted octanol–water partition coefficient (Wildman–Crippen LogP) is 4.58. The largest absolute Gasteiger partial charge is 0.456 e.